The molecule has 2 heterocycles. The highest BCUT2D eigenvalue weighted by Gasteiger charge is 2.36. The normalized spacial score (nSPS) is 34.2. The van der Waals surface area contributed by atoms with Crippen molar-refractivity contribution in [3.05, 3.63) is 0 Å². The zero-order valence-electron chi connectivity index (χ0n) is 12.9. The largest absolute Gasteiger partial charge is 0.340 e. The summed E-state index contributed by atoms with van der Waals surface area (Å²) in [5, 5.41) is 3.39. The van der Waals surface area contributed by atoms with Crippen LogP contribution in [0, 0.1) is 0 Å². The van der Waals surface area contributed by atoms with E-state index in [-0.39, 0.29) is 11.9 Å². The summed E-state index contributed by atoms with van der Waals surface area (Å²) in [5.74, 6) is 0.286. The van der Waals surface area contributed by atoms with Crippen LogP contribution in [-0.4, -0.2) is 60.0 Å². The number of nitrogens with one attached hydrogen (secondary N) is 1. The number of likely N-dealkylation sites (tertiary alicyclic amines) is 1. The van der Waals surface area contributed by atoms with Crippen molar-refractivity contribution in [2.75, 3.05) is 20.1 Å². The minimum absolute atomic E-state index is 0.0134. The van der Waals surface area contributed by atoms with E-state index in [2.05, 4.69) is 31.0 Å². The van der Waals surface area contributed by atoms with E-state index >= 15 is 0 Å². The number of rotatable bonds is 3. The predicted octanol–water partition coefficient (Wildman–Crippen LogP) is 1.46. The molecule has 2 fully saturated rings. The minimum atomic E-state index is 0.0134. The van der Waals surface area contributed by atoms with Gasteiger partial charge in [0.15, 0.2) is 0 Å². The summed E-state index contributed by atoms with van der Waals surface area (Å²) in [4.78, 5) is 17.1. The van der Waals surface area contributed by atoms with E-state index in [1.807, 2.05) is 11.9 Å². The Morgan fingerprint density at radius 1 is 1.26 bits per heavy atom. The van der Waals surface area contributed by atoms with Gasteiger partial charge in [0.05, 0.1) is 6.04 Å². The van der Waals surface area contributed by atoms with Crippen LogP contribution in [0.5, 0.6) is 0 Å². The molecular weight excluding hydrogens is 238 g/mol. The number of piperidine rings is 1. The quantitative estimate of drug-likeness (QED) is 0.841. The lowest BCUT2D eigenvalue weighted by Crippen LogP contribution is -2.54. The molecule has 0 aliphatic carbocycles. The van der Waals surface area contributed by atoms with E-state index in [1.54, 1.807) is 0 Å². The summed E-state index contributed by atoms with van der Waals surface area (Å²) in [5.41, 5.74) is 0. The molecule has 2 aliphatic heterocycles. The number of nitrogens with zero attached hydrogens (tertiary/aromatic N) is 2. The van der Waals surface area contributed by atoms with Gasteiger partial charge in [-0.1, -0.05) is 0 Å². The van der Waals surface area contributed by atoms with Crippen molar-refractivity contribution >= 4 is 5.91 Å². The van der Waals surface area contributed by atoms with Crippen molar-refractivity contribution in [1.82, 2.24) is 15.1 Å². The van der Waals surface area contributed by atoms with Gasteiger partial charge in [-0.3, -0.25) is 9.69 Å². The highest BCUT2D eigenvalue weighted by Crippen LogP contribution is 2.27. The van der Waals surface area contributed by atoms with Crippen LogP contribution in [0.15, 0.2) is 0 Å². The number of amides is 1. The van der Waals surface area contributed by atoms with E-state index in [0.29, 0.717) is 18.1 Å². The van der Waals surface area contributed by atoms with Crippen LogP contribution in [0.2, 0.25) is 0 Å². The van der Waals surface area contributed by atoms with Crippen LogP contribution in [-0.2, 0) is 4.79 Å². The number of likely N-dealkylation sites (N-methyl/N-ethyl adjacent to an activating group) is 1. The van der Waals surface area contributed by atoms with Gasteiger partial charge in [-0.05, 0) is 53.0 Å². The summed E-state index contributed by atoms with van der Waals surface area (Å²) in [7, 11) is 1.97. The molecule has 0 saturated carbocycles. The van der Waals surface area contributed by atoms with Crippen LogP contribution in [0.4, 0.5) is 0 Å². The summed E-state index contributed by atoms with van der Waals surface area (Å²) in [6.45, 7) is 8.60. The second kappa shape index (κ2) is 6.23. The standard InChI is InChI=1S/C15H29N3O/c1-11-7-8-12(2)18(11)13(3)15(19)17(4)14-6-5-9-16-10-14/h11-14,16H,5-10H2,1-4H3. The Hall–Kier alpha value is -0.610. The first kappa shape index (κ1) is 14.8. The first-order chi connectivity index (χ1) is 9.02. The van der Waals surface area contributed by atoms with Crippen molar-refractivity contribution in [3.63, 3.8) is 0 Å². The Kier molecular flexibility index (Phi) is 4.85. The van der Waals surface area contributed by atoms with Crippen LogP contribution in [0.3, 0.4) is 0 Å². The molecule has 1 amide bonds. The molecule has 4 atom stereocenters. The van der Waals surface area contributed by atoms with Gasteiger partial charge in [0, 0.05) is 31.7 Å². The molecule has 19 heavy (non-hydrogen) atoms. The van der Waals surface area contributed by atoms with Gasteiger partial charge in [-0.15, -0.1) is 0 Å². The van der Waals surface area contributed by atoms with Gasteiger partial charge >= 0.3 is 0 Å². The Balaban J connectivity index is 1.97. The second-order valence-corrected chi connectivity index (χ2v) is 6.35. The molecule has 1 N–H and O–H groups in total. The zero-order chi connectivity index (χ0) is 14.0. The van der Waals surface area contributed by atoms with Gasteiger partial charge in [0.2, 0.25) is 5.91 Å². The first-order valence-corrected chi connectivity index (χ1v) is 7.77. The molecule has 0 aromatic rings. The molecule has 0 radical (unpaired) electrons. The maximum Gasteiger partial charge on any atom is 0.239 e. The number of carbonyl (C=O) groups is 1. The van der Waals surface area contributed by atoms with E-state index < -0.39 is 0 Å². The lowest BCUT2D eigenvalue weighted by atomic mass is 10.1. The maximum absolute atomic E-state index is 12.7. The molecule has 0 aromatic heterocycles. The molecular formula is C15H29N3O. The molecule has 0 spiro atoms. The van der Waals surface area contributed by atoms with E-state index in [9.17, 15) is 4.79 Å². The minimum Gasteiger partial charge on any atom is -0.340 e. The molecule has 2 rings (SSSR count). The van der Waals surface area contributed by atoms with Gasteiger partial charge in [-0.25, -0.2) is 0 Å². The summed E-state index contributed by atoms with van der Waals surface area (Å²) in [6.07, 6.45) is 4.74. The fraction of sp³-hybridized carbons (Fsp3) is 0.933. The predicted molar refractivity (Wildman–Crippen MR) is 78.1 cm³/mol. The topological polar surface area (TPSA) is 35.6 Å². The van der Waals surface area contributed by atoms with Gasteiger partial charge in [0.1, 0.15) is 0 Å². The highest BCUT2D eigenvalue weighted by molar-refractivity contribution is 5.81. The molecule has 2 aliphatic rings. The van der Waals surface area contributed by atoms with Gasteiger partial charge in [-0.2, -0.15) is 0 Å². The maximum atomic E-state index is 12.7. The SMILES string of the molecule is CC1CCC(C)N1C(C)C(=O)N(C)C1CCCNC1. The fourth-order valence-electron chi connectivity index (χ4n) is 3.74. The van der Waals surface area contributed by atoms with Crippen molar-refractivity contribution in [2.24, 2.45) is 0 Å². The van der Waals surface area contributed by atoms with Gasteiger partial charge < -0.3 is 10.2 Å². The molecule has 4 unspecified atom stereocenters. The van der Waals surface area contributed by atoms with E-state index in [0.717, 1.165) is 19.5 Å². The van der Waals surface area contributed by atoms with Crippen LogP contribution < -0.4 is 5.32 Å². The Labute approximate surface area is 117 Å². The number of carbonyl (C=O) groups excluding carboxylic acids is 1. The highest BCUT2D eigenvalue weighted by atomic mass is 16.2. The zero-order valence-corrected chi connectivity index (χ0v) is 12.9. The Bertz CT molecular complexity index is 305. The van der Waals surface area contributed by atoms with E-state index in [1.165, 1.54) is 19.3 Å². The van der Waals surface area contributed by atoms with E-state index in [4.69, 9.17) is 0 Å². The van der Waals surface area contributed by atoms with Crippen molar-refractivity contribution in [3.8, 4) is 0 Å². The first-order valence-electron chi connectivity index (χ1n) is 7.77. The lowest BCUT2D eigenvalue weighted by Gasteiger charge is -2.38. The monoisotopic (exact) mass is 267 g/mol. The average molecular weight is 267 g/mol. The smallest absolute Gasteiger partial charge is 0.239 e. The molecule has 4 heteroatoms. The average Bonchev–Trinajstić information content (AvgIpc) is 2.77. The third kappa shape index (κ3) is 3.11. The van der Waals surface area contributed by atoms with Crippen LogP contribution in [0.25, 0.3) is 0 Å². The molecule has 4 nitrogen and oxygen atoms in total. The summed E-state index contributed by atoms with van der Waals surface area (Å²) < 4.78 is 0. The fourth-order valence-corrected chi connectivity index (χ4v) is 3.74. The lowest BCUT2D eigenvalue weighted by molar-refractivity contribution is -0.138. The molecule has 0 aromatic carbocycles. The molecule has 0 bridgehead atoms. The van der Waals surface area contributed by atoms with Crippen LogP contribution >= 0.6 is 0 Å². The summed E-state index contributed by atoms with van der Waals surface area (Å²) >= 11 is 0. The number of hydrogen-bond donors (Lipinski definition) is 1. The number of hydrogen-bond acceptors (Lipinski definition) is 3. The van der Waals surface area contributed by atoms with Crippen molar-refractivity contribution in [2.45, 2.75) is 70.6 Å². The Morgan fingerprint density at radius 3 is 2.42 bits per heavy atom. The molecule has 110 valence electrons. The van der Waals surface area contributed by atoms with Crippen LogP contribution in [0.1, 0.15) is 46.5 Å². The van der Waals surface area contributed by atoms with Crippen molar-refractivity contribution in [1.29, 1.82) is 0 Å². The second-order valence-electron chi connectivity index (χ2n) is 6.35. The molecule has 2 saturated heterocycles. The summed E-state index contributed by atoms with van der Waals surface area (Å²) in [6, 6.07) is 1.45. The third-order valence-corrected chi connectivity index (χ3v) is 4.99. The van der Waals surface area contributed by atoms with Gasteiger partial charge in [0.25, 0.3) is 0 Å². The van der Waals surface area contributed by atoms with Crippen molar-refractivity contribution < 1.29 is 4.79 Å². The third-order valence-electron chi connectivity index (χ3n) is 4.99. The Morgan fingerprint density at radius 2 is 1.89 bits per heavy atom.